The molecule has 4 aliphatic heterocycles. The fraction of sp³-hybridized carbons (Fsp3) is 0.500. The van der Waals surface area contributed by atoms with E-state index in [0.717, 1.165) is 31.5 Å². The number of ether oxygens (including phenoxy) is 1. The monoisotopic (exact) mass is 380 g/mol. The van der Waals surface area contributed by atoms with Crippen molar-refractivity contribution in [2.24, 2.45) is 5.92 Å². The summed E-state index contributed by atoms with van der Waals surface area (Å²) in [5.41, 5.74) is 4.15. The Morgan fingerprint density at radius 1 is 1.39 bits per heavy atom. The first-order valence-corrected chi connectivity index (χ1v) is 10.1. The molecule has 6 nitrogen and oxygen atoms in total. The second-order valence-electron chi connectivity index (χ2n) is 8.61. The largest absolute Gasteiger partial charge is 0.503 e. The average Bonchev–Trinajstić information content (AvgIpc) is 3.23. The molecule has 0 unspecified atom stereocenters. The predicted octanol–water partition coefficient (Wildman–Crippen LogP) is 1.71. The molecule has 1 aromatic rings. The van der Waals surface area contributed by atoms with Crippen molar-refractivity contribution in [3.63, 3.8) is 0 Å². The van der Waals surface area contributed by atoms with Crippen LogP contribution in [0.5, 0.6) is 11.5 Å². The third-order valence-corrected chi connectivity index (χ3v) is 7.82. The van der Waals surface area contributed by atoms with Crippen LogP contribution in [0.2, 0.25) is 0 Å². The molecule has 28 heavy (non-hydrogen) atoms. The summed E-state index contributed by atoms with van der Waals surface area (Å²) in [6, 6.07) is 4.21. The Kier molecular flexibility index (Phi) is 3.20. The Hall–Kier alpha value is -2.31. The van der Waals surface area contributed by atoms with Crippen molar-refractivity contribution in [2.45, 2.75) is 36.8 Å². The van der Waals surface area contributed by atoms with Crippen LogP contribution in [0.15, 0.2) is 35.4 Å². The van der Waals surface area contributed by atoms with Gasteiger partial charge in [-0.15, -0.1) is 0 Å². The molecule has 2 N–H and O–H groups in total. The molecule has 3 fully saturated rings. The first-order valence-electron chi connectivity index (χ1n) is 10.1. The smallest absolute Gasteiger partial charge is 0.231 e. The predicted molar refractivity (Wildman–Crippen MR) is 104 cm³/mol. The van der Waals surface area contributed by atoms with Crippen LogP contribution in [-0.4, -0.2) is 59.9 Å². The number of piperidine rings is 1. The zero-order chi connectivity index (χ0) is 19.2. The number of amides is 1. The van der Waals surface area contributed by atoms with Crippen molar-refractivity contribution in [3.05, 3.63) is 41.0 Å². The third kappa shape index (κ3) is 1.70. The van der Waals surface area contributed by atoms with Gasteiger partial charge >= 0.3 is 0 Å². The van der Waals surface area contributed by atoms with Crippen molar-refractivity contribution < 1.29 is 19.7 Å². The highest BCUT2D eigenvalue weighted by atomic mass is 16.5. The van der Waals surface area contributed by atoms with Gasteiger partial charge in [-0.3, -0.25) is 9.69 Å². The van der Waals surface area contributed by atoms with Gasteiger partial charge in [0.25, 0.3) is 0 Å². The van der Waals surface area contributed by atoms with Gasteiger partial charge in [-0.25, -0.2) is 0 Å². The molecule has 0 radical (unpaired) electrons. The quantitative estimate of drug-likeness (QED) is 0.765. The van der Waals surface area contributed by atoms with E-state index in [1.165, 1.54) is 11.1 Å². The number of hydrogen-bond donors (Lipinski definition) is 2. The van der Waals surface area contributed by atoms with Crippen LogP contribution in [0, 0.1) is 5.92 Å². The Labute approximate surface area is 163 Å². The molecular formula is C22H24N2O4. The Morgan fingerprint density at radius 2 is 2.25 bits per heavy atom. The van der Waals surface area contributed by atoms with Crippen LogP contribution < -0.4 is 9.64 Å². The number of carbonyl (C=O) groups excluding carboxylic acids is 1. The molecule has 6 rings (SSSR count). The van der Waals surface area contributed by atoms with Gasteiger partial charge < -0.3 is 19.8 Å². The topological polar surface area (TPSA) is 73.2 Å². The second-order valence-corrected chi connectivity index (χ2v) is 8.61. The summed E-state index contributed by atoms with van der Waals surface area (Å²) in [7, 11) is 1.54. The molecule has 4 atom stereocenters. The lowest BCUT2D eigenvalue weighted by Crippen LogP contribution is -2.62. The van der Waals surface area contributed by atoms with Gasteiger partial charge in [0.1, 0.15) is 0 Å². The van der Waals surface area contributed by atoms with Gasteiger partial charge in [0.15, 0.2) is 11.5 Å². The number of rotatable bonds is 2. The van der Waals surface area contributed by atoms with Crippen LogP contribution in [0.4, 0.5) is 5.69 Å². The van der Waals surface area contributed by atoms with Crippen molar-refractivity contribution in [3.8, 4) is 11.5 Å². The maximum absolute atomic E-state index is 13.1. The van der Waals surface area contributed by atoms with Gasteiger partial charge in [-0.2, -0.15) is 0 Å². The molecule has 2 saturated heterocycles. The summed E-state index contributed by atoms with van der Waals surface area (Å²) in [5, 5.41) is 20.5. The number of carbonyl (C=O) groups is 1. The lowest BCUT2D eigenvalue weighted by molar-refractivity contribution is -0.118. The normalized spacial score (nSPS) is 36.4. The second kappa shape index (κ2) is 5.39. The minimum atomic E-state index is -0.164. The summed E-state index contributed by atoms with van der Waals surface area (Å²) in [5.74, 6) is 0.814. The van der Waals surface area contributed by atoms with Gasteiger partial charge in [0, 0.05) is 30.3 Å². The number of methoxy groups -OCH3 is 1. The van der Waals surface area contributed by atoms with Gasteiger partial charge in [-0.1, -0.05) is 23.8 Å². The lowest BCUT2D eigenvalue weighted by atomic mass is 9.57. The van der Waals surface area contributed by atoms with Gasteiger partial charge in [-0.05, 0) is 36.6 Å². The summed E-state index contributed by atoms with van der Waals surface area (Å²) in [6.45, 7) is 1.90. The highest BCUT2D eigenvalue weighted by Gasteiger charge is 2.67. The molecule has 1 saturated carbocycles. The average molecular weight is 380 g/mol. The Bertz CT molecular complexity index is 968. The van der Waals surface area contributed by atoms with E-state index in [-0.39, 0.29) is 35.6 Å². The number of phenolic OH excluding ortho intramolecular Hbond substituents is 1. The number of aliphatic hydroxyl groups excluding tert-OH is 1. The van der Waals surface area contributed by atoms with Crippen molar-refractivity contribution in [1.29, 1.82) is 0 Å². The standard InChI is InChI=1S/C22H24N2O4/c1-28-16-4-3-15-19(20(16)27)24-18(26)5-2-13-14-10-17-22(15,21(13)24)7-8-23(17)11-12(14)6-9-25/h2-4,6,14,17,21,25,27H,5,7-11H2,1H3/t14-,17-,21+,22-/m0/s1. The molecule has 146 valence electrons. The molecule has 4 heterocycles. The van der Waals surface area contributed by atoms with Gasteiger partial charge in [0.05, 0.1) is 25.4 Å². The zero-order valence-corrected chi connectivity index (χ0v) is 15.9. The number of benzene rings is 1. The fourth-order valence-electron chi connectivity index (χ4n) is 6.87. The molecule has 1 amide bonds. The number of anilines is 1. The van der Waals surface area contributed by atoms with E-state index < -0.39 is 0 Å². The van der Waals surface area contributed by atoms with E-state index in [4.69, 9.17) is 4.74 Å². The molecule has 1 spiro atoms. The number of fused-ring (bicyclic) bond motifs is 4. The van der Waals surface area contributed by atoms with Crippen molar-refractivity contribution >= 4 is 11.6 Å². The van der Waals surface area contributed by atoms with Crippen LogP contribution >= 0.6 is 0 Å². The number of hydrogen-bond acceptors (Lipinski definition) is 5. The summed E-state index contributed by atoms with van der Waals surface area (Å²) >= 11 is 0. The first-order chi connectivity index (χ1) is 13.6. The number of nitrogens with zero attached hydrogens (tertiary/aromatic N) is 2. The van der Waals surface area contributed by atoms with E-state index in [9.17, 15) is 15.0 Å². The van der Waals surface area contributed by atoms with Crippen LogP contribution in [0.1, 0.15) is 24.8 Å². The maximum Gasteiger partial charge on any atom is 0.231 e. The van der Waals surface area contributed by atoms with Gasteiger partial charge in [0.2, 0.25) is 5.91 Å². The van der Waals surface area contributed by atoms with E-state index >= 15 is 0 Å². The highest BCUT2D eigenvalue weighted by Crippen LogP contribution is 2.66. The number of aliphatic hydroxyl groups is 1. The highest BCUT2D eigenvalue weighted by molar-refractivity contribution is 6.03. The van der Waals surface area contributed by atoms with Crippen LogP contribution in [0.3, 0.4) is 0 Å². The lowest BCUT2D eigenvalue weighted by Gasteiger charge is -2.54. The number of aromatic hydroxyl groups is 1. The Morgan fingerprint density at radius 3 is 3.04 bits per heavy atom. The third-order valence-electron chi connectivity index (χ3n) is 7.82. The fourth-order valence-corrected chi connectivity index (χ4v) is 6.87. The molecule has 1 aliphatic carbocycles. The van der Waals surface area contributed by atoms with Crippen molar-refractivity contribution in [1.82, 2.24) is 4.90 Å². The summed E-state index contributed by atoms with van der Waals surface area (Å²) in [6.07, 6.45) is 6.43. The molecule has 5 aliphatic rings. The van der Waals surface area contributed by atoms with Crippen LogP contribution in [0.25, 0.3) is 0 Å². The molecule has 1 aromatic carbocycles. The van der Waals surface area contributed by atoms with Crippen LogP contribution in [-0.2, 0) is 10.2 Å². The molecule has 0 aromatic heterocycles. The molecule has 2 bridgehead atoms. The Balaban J connectivity index is 1.64. The maximum atomic E-state index is 13.1. The molecule has 6 heteroatoms. The summed E-state index contributed by atoms with van der Waals surface area (Å²) < 4.78 is 5.36. The van der Waals surface area contributed by atoms with E-state index in [0.29, 0.717) is 23.9 Å². The first kappa shape index (κ1) is 16.6. The SMILES string of the molecule is COc1ccc2c(c1O)N1C(=O)CC=C3[C@H]4C[C@@H]5N(CC[C@]25[C@@H]31)CC4=CCO. The molecular weight excluding hydrogens is 356 g/mol. The van der Waals surface area contributed by atoms with E-state index in [1.807, 2.05) is 17.0 Å². The van der Waals surface area contributed by atoms with Crippen molar-refractivity contribution in [2.75, 3.05) is 31.7 Å². The minimum absolute atomic E-state index is 0.0431. The minimum Gasteiger partial charge on any atom is -0.503 e. The van der Waals surface area contributed by atoms with E-state index in [1.54, 1.807) is 7.11 Å². The number of phenols is 1. The zero-order valence-electron chi connectivity index (χ0n) is 15.9. The van der Waals surface area contributed by atoms with E-state index in [2.05, 4.69) is 17.0 Å². The summed E-state index contributed by atoms with van der Waals surface area (Å²) in [4.78, 5) is 17.5.